The van der Waals surface area contributed by atoms with Crippen LogP contribution in [0.25, 0.3) is 0 Å². The fraction of sp³-hybridized carbons (Fsp3) is 0.471. The van der Waals surface area contributed by atoms with Crippen LogP contribution in [0.2, 0.25) is 0 Å². The van der Waals surface area contributed by atoms with E-state index in [1.165, 1.54) is 11.1 Å². The van der Waals surface area contributed by atoms with E-state index in [2.05, 4.69) is 37.3 Å². The third kappa shape index (κ3) is 2.58. The Hall–Kier alpha value is -1.57. The number of hydrogen-bond acceptors (Lipinski definition) is 1. The van der Waals surface area contributed by atoms with Gasteiger partial charge in [-0.25, -0.2) is 0 Å². The quantitative estimate of drug-likeness (QED) is 0.739. The van der Waals surface area contributed by atoms with Gasteiger partial charge in [-0.2, -0.15) is 0 Å². The molecule has 1 aliphatic heterocycles. The second kappa shape index (κ2) is 5.20. The van der Waals surface area contributed by atoms with E-state index in [1.807, 2.05) is 4.90 Å². The molecule has 19 heavy (non-hydrogen) atoms. The Labute approximate surface area is 115 Å². The van der Waals surface area contributed by atoms with Crippen molar-refractivity contribution >= 4 is 11.6 Å². The van der Waals surface area contributed by atoms with Crippen molar-refractivity contribution in [2.45, 2.75) is 39.0 Å². The maximum Gasteiger partial charge on any atom is 0.227 e. The van der Waals surface area contributed by atoms with Gasteiger partial charge in [-0.15, -0.1) is 0 Å². The minimum absolute atomic E-state index is 0.293. The van der Waals surface area contributed by atoms with E-state index in [0.717, 1.165) is 37.9 Å². The van der Waals surface area contributed by atoms with Crippen LogP contribution in [0.3, 0.4) is 0 Å². The first-order valence-electron chi connectivity index (χ1n) is 7.30. The highest BCUT2D eigenvalue weighted by atomic mass is 16.2. The number of allylic oxidation sites excluding steroid dienone is 2. The second-order valence-electron chi connectivity index (χ2n) is 5.75. The SMILES string of the molecule is Cc1ccc2c(c1)CCCN2C(=O)C[C@H]1C=CCC1. The Bertz CT molecular complexity index is 518. The molecule has 0 spiro atoms. The zero-order valence-corrected chi connectivity index (χ0v) is 11.6. The van der Waals surface area contributed by atoms with E-state index in [1.54, 1.807) is 0 Å². The molecule has 1 atom stereocenters. The molecule has 1 amide bonds. The molecular formula is C17H21NO. The van der Waals surface area contributed by atoms with Gasteiger partial charge in [-0.1, -0.05) is 29.8 Å². The lowest BCUT2D eigenvalue weighted by Gasteiger charge is -2.30. The van der Waals surface area contributed by atoms with Crippen molar-refractivity contribution in [3.05, 3.63) is 41.5 Å². The van der Waals surface area contributed by atoms with Gasteiger partial charge in [0, 0.05) is 18.7 Å². The minimum atomic E-state index is 0.293. The smallest absolute Gasteiger partial charge is 0.227 e. The molecule has 0 radical (unpaired) electrons. The van der Waals surface area contributed by atoms with Crippen LogP contribution in [0.5, 0.6) is 0 Å². The molecule has 3 rings (SSSR count). The molecule has 1 aromatic rings. The summed E-state index contributed by atoms with van der Waals surface area (Å²) < 4.78 is 0. The van der Waals surface area contributed by atoms with Gasteiger partial charge in [-0.05, 0) is 50.2 Å². The van der Waals surface area contributed by atoms with Gasteiger partial charge < -0.3 is 4.90 Å². The van der Waals surface area contributed by atoms with Crippen molar-refractivity contribution in [1.82, 2.24) is 0 Å². The van der Waals surface area contributed by atoms with Gasteiger partial charge in [0.05, 0.1) is 0 Å². The highest BCUT2D eigenvalue weighted by Crippen LogP contribution is 2.30. The van der Waals surface area contributed by atoms with Crippen molar-refractivity contribution in [2.24, 2.45) is 5.92 Å². The number of carbonyl (C=O) groups excluding carboxylic acids is 1. The number of aryl methyl sites for hydroxylation is 2. The van der Waals surface area contributed by atoms with Gasteiger partial charge >= 0.3 is 0 Å². The number of carbonyl (C=O) groups is 1. The van der Waals surface area contributed by atoms with Crippen LogP contribution in [0.15, 0.2) is 30.4 Å². The maximum atomic E-state index is 12.5. The van der Waals surface area contributed by atoms with Gasteiger partial charge in [0.2, 0.25) is 5.91 Å². The maximum absolute atomic E-state index is 12.5. The van der Waals surface area contributed by atoms with E-state index < -0.39 is 0 Å². The Morgan fingerprint density at radius 3 is 3.11 bits per heavy atom. The van der Waals surface area contributed by atoms with E-state index in [-0.39, 0.29) is 0 Å². The molecule has 0 fully saturated rings. The van der Waals surface area contributed by atoms with Gasteiger partial charge in [0.1, 0.15) is 0 Å². The molecule has 2 nitrogen and oxygen atoms in total. The normalized spacial score (nSPS) is 21.5. The number of rotatable bonds is 2. The monoisotopic (exact) mass is 255 g/mol. The van der Waals surface area contributed by atoms with Crippen LogP contribution >= 0.6 is 0 Å². The molecule has 0 saturated heterocycles. The lowest BCUT2D eigenvalue weighted by atomic mass is 9.98. The predicted molar refractivity (Wildman–Crippen MR) is 78.3 cm³/mol. The summed E-state index contributed by atoms with van der Waals surface area (Å²) >= 11 is 0. The second-order valence-corrected chi connectivity index (χ2v) is 5.75. The van der Waals surface area contributed by atoms with E-state index in [0.29, 0.717) is 18.2 Å². The summed E-state index contributed by atoms with van der Waals surface area (Å²) in [5.41, 5.74) is 3.76. The molecule has 0 saturated carbocycles. The molecule has 0 aromatic heterocycles. The average molecular weight is 255 g/mol. The molecule has 0 bridgehead atoms. The number of hydrogen-bond donors (Lipinski definition) is 0. The van der Waals surface area contributed by atoms with Gasteiger partial charge in [0.15, 0.2) is 0 Å². The summed E-state index contributed by atoms with van der Waals surface area (Å²) in [4.78, 5) is 14.5. The van der Waals surface area contributed by atoms with Crippen molar-refractivity contribution in [1.29, 1.82) is 0 Å². The van der Waals surface area contributed by atoms with Crippen molar-refractivity contribution in [3.8, 4) is 0 Å². The van der Waals surface area contributed by atoms with Crippen LogP contribution in [-0.2, 0) is 11.2 Å². The fourth-order valence-electron chi connectivity index (χ4n) is 3.18. The summed E-state index contributed by atoms with van der Waals surface area (Å²) in [6.07, 6.45) is 9.54. The van der Waals surface area contributed by atoms with Crippen molar-refractivity contribution < 1.29 is 4.79 Å². The molecular weight excluding hydrogens is 234 g/mol. The topological polar surface area (TPSA) is 20.3 Å². The number of anilines is 1. The number of nitrogens with zero attached hydrogens (tertiary/aromatic N) is 1. The van der Waals surface area contributed by atoms with Gasteiger partial charge in [-0.3, -0.25) is 4.79 Å². The molecule has 1 heterocycles. The summed E-state index contributed by atoms with van der Waals surface area (Å²) in [6, 6.07) is 6.45. The highest BCUT2D eigenvalue weighted by molar-refractivity contribution is 5.94. The molecule has 2 aliphatic rings. The van der Waals surface area contributed by atoms with Crippen LogP contribution in [0, 0.1) is 12.8 Å². The number of fused-ring (bicyclic) bond motifs is 1. The average Bonchev–Trinajstić information content (AvgIpc) is 2.90. The zero-order chi connectivity index (χ0) is 13.2. The van der Waals surface area contributed by atoms with E-state index >= 15 is 0 Å². The van der Waals surface area contributed by atoms with E-state index in [4.69, 9.17) is 0 Å². The first-order valence-corrected chi connectivity index (χ1v) is 7.30. The molecule has 0 unspecified atom stereocenters. The predicted octanol–water partition coefficient (Wildman–Crippen LogP) is 3.63. The molecule has 1 aliphatic carbocycles. The molecule has 100 valence electrons. The summed E-state index contributed by atoms with van der Waals surface area (Å²) in [7, 11) is 0. The van der Waals surface area contributed by atoms with Crippen LogP contribution in [0.4, 0.5) is 5.69 Å². The molecule has 1 aromatic carbocycles. The van der Waals surface area contributed by atoms with Crippen LogP contribution < -0.4 is 4.90 Å². The Morgan fingerprint density at radius 2 is 2.32 bits per heavy atom. The number of benzene rings is 1. The lowest BCUT2D eigenvalue weighted by Crippen LogP contribution is -2.36. The standard InChI is InChI=1S/C17H21NO/c1-13-8-9-16-15(11-13)7-4-10-18(16)17(19)12-14-5-2-3-6-14/h2,5,8-9,11,14H,3-4,6-7,10,12H2,1H3/t14-/m0/s1. The summed E-state index contributed by atoms with van der Waals surface area (Å²) in [6.45, 7) is 3.00. The van der Waals surface area contributed by atoms with Crippen LogP contribution in [-0.4, -0.2) is 12.5 Å². The third-order valence-corrected chi connectivity index (χ3v) is 4.20. The first-order chi connectivity index (χ1) is 9.24. The zero-order valence-electron chi connectivity index (χ0n) is 11.6. The number of amides is 1. The minimum Gasteiger partial charge on any atom is -0.312 e. The van der Waals surface area contributed by atoms with Gasteiger partial charge in [0.25, 0.3) is 0 Å². The fourth-order valence-corrected chi connectivity index (χ4v) is 3.18. The lowest BCUT2D eigenvalue weighted by molar-refractivity contribution is -0.119. The van der Waals surface area contributed by atoms with E-state index in [9.17, 15) is 4.79 Å². The first kappa shape index (κ1) is 12.5. The molecule has 2 heteroatoms. The third-order valence-electron chi connectivity index (χ3n) is 4.20. The van der Waals surface area contributed by atoms with Crippen molar-refractivity contribution in [2.75, 3.05) is 11.4 Å². The Kier molecular flexibility index (Phi) is 3.41. The summed E-state index contributed by atoms with van der Waals surface area (Å²) in [5, 5.41) is 0. The Balaban J connectivity index is 1.78. The molecule has 0 N–H and O–H groups in total. The van der Waals surface area contributed by atoms with Crippen molar-refractivity contribution in [3.63, 3.8) is 0 Å². The summed E-state index contributed by atoms with van der Waals surface area (Å²) in [5.74, 6) is 0.754. The Morgan fingerprint density at radius 1 is 1.42 bits per heavy atom. The van der Waals surface area contributed by atoms with Crippen LogP contribution in [0.1, 0.15) is 36.8 Å². The largest absolute Gasteiger partial charge is 0.312 e. The highest BCUT2D eigenvalue weighted by Gasteiger charge is 2.24.